The minimum absolute atomic E-state index is 0.0435. The number of urea groups is 1. The van der Waals surface area contributed by atoms with Gasteiger partial charge in [-0.05, 0) is 37.6 Å². The van der Waals surface area contributed by atoms with Crippen LogP contribution in [0.25, 0.3) is 10.2 Å². The topological polar surface area (TPSA) is 130 Å². The number of carbonyl (C=O) groups is 2. The summed E-state index contributed by atoms with van der Waals surface area (Å²) in [4.78, 5) is 43.3. The number of aromatic nitrogens is 1. The molecule has 0 saturated carbocycles. The van der Waals surface area contributed by atoms with Crippen LogP contribution in [-0.2, 0) is 0 Å². The SMILES string of the molecule is O=C(NC1CCCNC1)c1sc2nccc3c2c1NC(=O)N3c1ccc([N+](=O)[O-])cc1. The van der Waals surface area contributed by atoms with E-state index in [9.17, 15) is 19.7 Å². The van der Waals surface area contributed by atoms with Crippen molar-refractivity contribution in [3.05, 3.63) is 51.5 Å². The van der Waals surface area contributed by atoms with Crippen molar-refractivity contribution >= 4 is 56.2 Å². The number of non-ortho nitro benzene ring substituents is 1. The second kappa shape index (κ2) is 7.60. The molecule has 2 aliphatic rings. The van der Waals surface area contributed by atoms with Crippen molar-refractivity contribution < 1.29 is 14.5 Å². The van der Waals surface area contributed by atoms with E-state index in [1.54, 1.807) is 12.3 Å². The molecule has 1 saturated heterocycles. The van der Waals surface area contributed by atoms with Gasteiger partial charge in [0.2, 0.25) is 0 Å². The van der Waals surface area contributed by atoms with Gasteiger partial charge in [0.1, 0.15) is 9.71 Å². The molecule has 158 valence electrons. The highest BCUT2D eigenvalue weighted by atomic mass is 32.1. The van der Waals surface area contributed by atoms with E-state index in [-0.39, 0.29) is 17.6 Å². The van der Waals surface area contributed by atoms with Gasteiger partial charge in [0.25, 0.3) is 11.6 Å². The first-order valence-electron chi connectivity index (χ1n) is 9.81. The van der Waals surface area contributed by atoms with Gasteiger partial charge < -0.3 is 16.0 Å². The van der Waals surface area contributed by atoms with Crippen LogP contribution in [0.2, 0.25) is 0 Å². The lowest BCUT2D eigenvalue weighted by atomic mass is 10.1. The number of nitrogens with zero attached hydrogens (tertiary/aromatic N) is 3. The Morgan fingerprint density at radius 3 is 2.81 bits per heavy atom. The quantitative estimate of drug-likeness (QED) is 0.423. The van der Waals surface area contributed by atoms with Crippen molar-refractivity contribution in [2.45, 2.75) is 18.9 Å². The summed E-state index contributed by atoms with van der Waals surface area (Å²) in [7, 11) is 0. The van der Waals surface area contributed by atoms with Gasteiger partial charge >= 0.3 is 6.03 Å². The lowest BCUT2D eigenvalue weighted by Crippen LogP contribution is -2.45. The van der Waals surface area contributed by atoms with Gasteiger partial charge in [-0.15, -0.1) is 11.3 Å². The second-order valence-corrected chi connectivity index (χ2v) is 8.37. The molecule has 5 rings (SSSR count). The molecule has 1 aromatic carbocycles. The summed E-state index contributed by atoms with van der Waals surface area (Å²) in [5, 5.41) is 20.8. The number of amides is 3. The van der Waals surface area contributed by atoms with Gasteiger partial charge in [0.05, 0.1) is 27.4 Å². The number of benzene rings is 1. The molecule has 31 heavy (non-hydrogen) atoms. The second-order valence-electron chi connectivity index (χ2n) is 7.37. The van der Waals surface area contributed by atoms with E-state index in [0.717, 1.165) is 25.9 Å². The molecule has 2 aliphatic heterocycles. The molecular weight excluding hydrogens is 420 g/mol. The van der Waals surface area contributed by atoms with E-state index < -0.39 is 11.0 Å². The van der Waals surface area contributed by atoms with Crippen LogP contribution >= 0.6 is 11.3 Å². The Hall–Kier alpha value is -3.57. The molecule has 3 aromatic rings. The number of nitrogens with one attached hydrogen (secondary N) is 3. The molecule has 1 atom stereocenters. The van der Waals surface area contributed by atoms with Crippen molar-refractivity contribution in [3.8, 4) is 0 Å². The van der Waals surface area contributed by atoms with Crippen LogP contribution in [0.4, 0.5) is 27.5 Å². The van der Waals surface area contributed by atoms with E-state index in [4.69, 9.17) is 0 Å². The third kappa shape index (κ3) is 3.37. The van der Waals surface area contributed by atoms with E-state index >= 15 is 0 Å². The highest BCUT2D eigenvalue weighted by molar-refractivity contribution is 7.21. The number of nitro groups is 1. The number of piperidine rings is 1. The predicted molar refractivity (Wildman–Crippen MR) is 117 cm³/mol. The van der Waals surface area contributed by atoms with Crippen molar-refractivity contribution in [2.24, 2.45) is 0 Å². The van der Waals surface area contributed by atoms with Gasteiger partial charge in [-0.1, -0.05) is 0 Å². The number of rotatable bonds is 4. The molecule has 0 radical (unpaired) electrons. The van der Waals surface area contributed by atoms with Crippen LogP contribution in [0.1, 0.15) is 22.5 Å². The molecule has 2 aromatic heterocycles. The van der Waals surface area contributed by atoms with Crippen molar-refractivity contribution in [1.29, 1.82) is 0 Å². The average molecular weight is 438 g/mol. The fraction of sp³-hybridized carbons (Fsp3) is 0.250. The van der Waals surface area contributed by atoms with E-state index in [0.29, 0.717) is 32.2 Å². The molecule has 0 spiro atoms. The maximum atomic E-state index is 13.0. The van der Waals surface area contributed by atoms with Crippen LogP contribution in [-0.4, -0.2) is 41.0 Å². The Balaban J connectivity index is 1.54. The van der Waals surface area contributed by atoms with Gasteiger partial charge in [-0.3, -0.25) is 19.8 Å². The molecule has 11 heteroatoms. The number of hydrogen-bond donors (Lipinski definition) is 3. The van der Waals surface area contributed by atoms with Gasteiger partial charge in [0.15, 0.2) is 0 Å². The fourth-order valence-electron chi connectivity index (χ4n) is 3.95. The Labute approximate surface area is 180 Å². The summed E-state index contributed by atoms with van der Waals surface area (Å²) in [6.07, 6.45) is 3.49. The van der Waals surface area contributed by atoms with Crippen molar-refractivity contribution in [2.75, 3.05) is 23.3 Å². The van der Waals surface area contributed by atoms with Crippen molar-refractivity contribution in [3.63, 3.8) is 0 Å². The lowest BCUT2D eigenvalue weighted by molar-refractivity contribution is -0.384. The number of hydrogen-bond acceptors (Lipinski definition) is 7. The Bertz CT molecular complexity index is 1200. The molecule has 3 N–H and O–H groups in total. The van der Waals surface area contributed by atoms with Crippen LogP contribution in [0.5, 0.6) is 0 Å². The fourth-order valence-corrected chi connectivity index (χ4v) is 4.97. The minimum Gasteiger partial charge on any atom is -0.347 e. The largest absolute Gasteiger partial charge is 0.347 e. The summed E-state index contributed by atoms with van der Waals surface area (Å²) in [5.41, 5.74) is 1.44. The van der Waals surface area contributed by atoms with Gasteiger partial charge in [-0.25, -0.2) is 9.78 Å². The Morgan fingerprint density at radius 2 is 2.10 bits per heavy atom. The van der Waals surface area contributed by atoms with Crippen LogP contribution < -0.4 is 20.9 Å². The maximum Gasteiger partial charge on any atom is 0.331 e. The van der Waals surface area contributed by atoms with Crippen molar-refractivity contribution in [1.82, 2.24) is 15.6 Å². The normalized spacial score (nSPS) is 18.0. The third-order valence-corrected chi connectivity index (χ3v) is 6.50. The van der Waals surface area contributed by atoms with Crippen LogP contribution in [0.15, 0.2) is 36.5 Å². The Morgan fingerprint density at radius 1 is 1.29 bits per heavy atom. The number of pyridine rings is 1. The maximum absolute atomic E-state index is 13.0. The zero-order valence-corrected chi connectivity index (χ0v) is 17.1. The van der Waals surface area contributed by atoms with Crippen LogP contribution in [0, 0.1) is 10.1 Å². The van der Waals surface area contributed by atoms with E-state index in [1.807, 2.05) is 0 Å². The molecule has 4 heterocycles. The standard InChI is InChI=1S/C20H18N6O4S/c27-18(23-11-2-1-8-21-10-11)17-16-15-14(7-9-22-19(15)31-17)25(20(28)24-16)12-3-5-13(6-4-12)26(29)30/h3-7,9,11,21H,1-2,8,10H2,(H,23,27)(H,24,28). The summed E-state index contributed by atoms with van der Waals surface area (Å²) >= 11 is 1.23. The zero-order chi connectivity index (χ0) is 21.5. The molecule has 3 amide bonds. The molecule has 1 fully saturated rings. The highest BCUT2D eigenvalue weighted by Crippen LogP contribution is 2.45. The minimum atomic E-state index is -0.492. The highest BCUT2D eigenvalue weighted by Gasteiger charge is 2.33. The predicted octanol–water partition coefficient (Wildman–Crippen LogP) is 3.37. The summed E-state index contributed by atoms with van der Waals surface area (Å²) in [5.74, 6) is -0.235. The molecule has 0 bridgehead atoms. The smallest absolute Gasteiger partial charge is 0.331 e. The Kier molecular flexibility index (Phi) is 4.75. The molecular formula is C20H18N6O4S. The lowest BCUT2D eigenvalue weighted by Gasteiger charge is -2.28. The molecule has 0 aliphatic carbocycles. The van der Waals surface area contributed by atoms with E-state index in [2.05, 4.69) is 20.9 Å². The summed E-state index contributed by atoms with van der Waals surface area (Å²) in [6.45, 7) is 1.66. The third-order valence-electron chi connectivity index (χ3n) is 5.40. The number of carbonyl (C=O) groups excluding carboxylic acids is 2. The van der Waals surface area contributed by atoms with E-state index in [1.165, 1.54) is 40.5 Å². The first kappa shape index (κ1) is 19.4. The number of thiophene rings is 1. The summed E-state index contributed by atoms with van der Waals surface area (Å²) < 4.78 is 0. The van der Waals surface area contributed by atoms with Gasteiger partial charge in [0, 0.05) is 30.9 Å². The molecule has 1 unspecified atom stereocenters. The monoisotopic (exact) mass is 438 g/mol. The summed E-state index contributed by atoms with van der Waals surface area (Å²) in [6, 6.07) is 7.03. The van der Waals surface area contributed by atoms with Crippen LogP contribution in [0.3, 0.4) is 0 Å². The first-order valence-corrected chi connectivity index (χ1v) is 10.6. The number of anilines is 3. The van der Waals surface area contributed by atoms with Gasteiger partial charge in [-0.2, -0.15) is 0 Å². The number of nitro benzene ring substituents is 1. The first-order chi connectivity index (χ1) is 15.0. The zero-order valence-electron chi connectivity index (χ0n) is 16.3. The average Bonchev–Trinajstić information content (AvgIpc) is 3.14. The molecule has 10 nitrogen and oxygen atoms in total.